The van der Waals surface area contributed by atoms with Crippen LogP contribution >= 0.6 is 0 Å². The molecule has 1 unspecified atom stereocenters. The Labute approximate surface area is 115 Å². The Balaban J connectivity index is 2.12. The predicted molar refractivity (Wildman–Crippen MR) is 77.3 cm³/mol. The van der Waals surface area contributed by atoms with E-state index in [0.717, 1.165) is 36.6 Å². The lowest BCUT2D eigenvalue weighted by Crippen LogP contribution is -2.51. The molecule has 106 valence electrons. The summed E-state index contributed by atoms with van der Waals surface area (Å²) in [4.78, 5) is 2.39. The Kier molecular flexibility index (Phi) is 4.02. The van der Waals surface area contributed by atoms with E-state index in [9.17, 15) is 0 Å². The minimum Gasteiger partial charge on any atom is -0.497 e. The molecule has 1 aromatic rings. The minimum absolute atomic E-state index is 0.106. The van der Waals surface area contributed by atoms with Crippen molar-refractivity contribution in [3.8, 4) is 5.75 Å². The second-order valence-electron chi connectivity index (χ2n) is 5.92. The van der Waals surface area contributed by atoms with Crippen molar-refractivity contribution in [3.63, 3.8) is 0 Å². The third-order valence-corrected chi connectivity index (χ3v) is 3.38. The molecule has 1 aliphatic heterocycles. The van der Waals surface area contributed by atoms with Crippen LogP contribution in [-0.4, -0.2) is 36.8 Å². The molecule has 0 spiro atoms. The molecule has 2 rings (SSSR count). The molecule has 4 nitrogen and oxygen atoms in total. The minimum atomic E-state index is -0.106. The van der Waals surface area contributed by atoms with Crippen molar-refractivity contribution in [2.24, 2.45) is 0 Å². The van der Waals surface area contributed by atoms with Gasteiger partial charge in [0.2, 0.25) is 0 Å². The highest BCUT2D eigenvalue weighted by atomic mass is 16.5. The molecule has 1 aromatic carbocycles. The number of nitrogens with two attached hydrogens (primary N) is 1. The summed E-state index contributed by atoms with van der Waals surface area (Å²) in [5.74, 6) is 0.852. The SMILES string of the molecule is COc1ccc(N)c(CN2CC(C)OC(C)(C)C2)c1. The normalized spacial score (nSPS) is 23.3. The summed E-state index contributed by atoms with van der Waals surface area (Å²) < 4.78 is 11.2. The first-order chi connectivity index (χ1) is 8.89. The van der Waals surface area contributed by atoms with Crippen molar-refractivity contribution < 1.29 is 9.47 Å². The lowest BCUT2D eigenvalue weighted by Gasteiger charge is -2.41. The first-order valence-electron chi connectivity index (χ1n) is 6.72. The second kappa shape index (κ2) is 5.39. The first-order valence-corrected chi connectivity index (χ1v) is 6.72. The summed E-state index contributed by atoms with van der Waals surface area (Å²) in [6.07, 6.45) is 0.246. The number of benzene rings is 1. The van der Waals surface area contributed by atoms with Crippen molar-refractivity contribution >= 4 is 5.69 Å². The number of morpholine rings is 1. The Morgan fingerprint density at radius 2 is 2.21 bits per heavy atom. The molecule has 0 amide bonds. The fourth-order valence-electron chi connectivity index (χ4n) is 2.79. The maximum absolute atomic E-state index is 6.05. The largest absolute Gasteiger partial charge is 0.497 e. The molecule has 1 aliphatic rings. The number of methoxy groups -OCH3 is 1. The van der Waals surface area contributed by atoms with E-state index >= 15 is 0 Å². The molecule has 0 saturated carbocycles. The number of hydrogen-bond donors (Lipinski definition) is 1. The third kappa shape index (κ3) is 3.61. The molecule has 0 aliphatic carbocycles. The zero-order chi connectivity index (χ0) is 14.0. The third-order valence-electron chi connectivity index (χ3n) is 3.38. The van der Waals surface area contributed by atoms with Gasteiger partial charge in [0, 0.05) is 25.3 Å². The predicted octanol–water partition coefficient (Wildman–Crippen LogP) is 2.28. The lowest BCUT2D eigenvalue weighted by atomic mass is 10.0. The molecule has 19 heavy (non-hydrogen) atoms. The number of ether oxygens (including phenoxy) is 2. The average Bonchev–Trinajstić information content (AvgIpc) is 2.29. The van der Waals surface area contributed by atoms with E-state index in [4.69, 9.17) is 15.2 Å². The van der Waals surface area contributed by atoms with Gasteiger partial charge in [-0.1, -0.05) is 0 Å². The van der Waals surface area contributed by atoms with Crippen LogP contribution in [0.25, 0.3) is 0 Å². The van der Waals surface area contributed by atoms with E-state index in [1.807, 2.05) is 18.2 Å². The summed E-state index contributed by atoms with van der Waals surface area (Å²) in [5, 5.41) is 0. The van der Waals surface area contributed by atoms with Crippen LogP contribution in [0.1, 0.15) is 26.3 Å². The monoisotopic (exact) mass is 264 g/mol. The van der Waals surface area contributed by atoms with Gasteiger partial charge in [0.05, 0.1) is 18.8 Å². The quantitative estimate of drug-likeness (QED) is 0.851. The molecule has 1 saturated heterocycles. The van der Waals surface area contributed by atoms with Crippen molar-refractivity contribution in [2.75, 3.05) is 25.9 Å². The number of anilines is 1. The highest BCUT2D eigenvalue weighted by Gasteiger charge is 2.31. The summed E-state index contributed by atoms with van der Waals surface area (Å²) in [7, 11) is 1.68. The van der Waals surface area contributed by atoms with Gasteiger partial charge in [0.15, 0.2) is 0 Å². The van der Waals surface area contributed by atoms with Gasteiger partial charge in [-0.15, -0.1) is 0 Å². The van der Waals surface area contributed by atoms with E-state index in [-0.39, 0.29) is 11.7 Å². The van der Waals surface area contributed by atoms with Crippen LogP contribution in [-0.2, 0) is 11.3 Å². The van der Waals surface area contributed by atoms with Crippen molar-refractivity contribution in [1.82, 2.24) is 4.90 Å². The number of nitrogen functional groups attached to an aromatic ring is 1. The maximum Gasteiger partial charge on any atom is 0.119 e. The van der Waals surface area contributed by atoms with Gasteiger partial charge < -0.3 is 15.2 Å². The fourth-order valence-corrected chi connectivity index (χ4v) is 2.79. The number of hydrogen-bond acceptors (Lipinski definition) is 4. The Morgan fingerprint density at radius 3 is 2.84 bits per heavy atom. The van der Waals surface area contributed by atoms with Crippen LogP contribution in [0.15, 0.2) is 18.2 Å². The fraction of sp³-hybridized carbons (Fsp3) is 0.600. The first kappa shape index (κ1) is 14.2. The summed E-state index contributed by atoms with van der Waals surface area (Å²) in [5.41, 5.74) is 7.88. The molecule has 1 atom stereocenters. The van der Waals surface area contributed by atoms with Crippen LogP contribution < -0.4 is 10.5 Å². The van der Waals surface area contributed by atoms with Crippen LogP contribution in [0.4, 0.5) is 5.69 Å². The highest BCUT2D eigenvalue weighted by Crippen LogP contribution is 2.25. The van der Waals surface area contributed by atoms with E-state index in [2.05, 4.69) is 25.7 Å². The topological polar surface area (TPSA) is 47.7 Å². The molecule has 2 N–H and O–H groups in total. The van der Waals surface area contributed by atoms with Gasteiger partial charge in [-0.3, -0.25) is 4.90 Å². The van der Waals surface area contributed by atoms with Crippen LogP contribution in [0.3, 0.4) is 0 Å². The van der Waals surface area contributed by atoms with E-state index in [1.165, 1.54) is 0 Å². The molecule has 0 radical (unpaired) electrons. The van der Waals surface area contributed by atoms with Crippen LogP contribution in [0.2, 0.25) is 0 Å². The molecule has 1 fully saturated rings. The van der Waals surface area contributed by atoms with Gasteiger partial charge in [-0.05, 0) is 44.5 Å². The molecule has 4 heteroatoms. The van der Waals surface area contributed by atoms with Gasteiger partial charge in [0.25, 0.3) is 0 Å². The van der Waals surface area contributed by atoms with Gasteiger partial charge in [-0.25, -0.2) is 0 Å². The molecular formula is C15H24N2O2. The van der Waals surface area contributed by atoms with Crippen LogP contribution in [0.5, 0.6) is 5.75 Å². The smallest absolute Gasteiger partial charge is 0.119 e. The van der Waals surface area contributed by atoms with E-state index in [1.54, 1.807) is 7.11 Å². The molecule has 1 heterocycles. The molecule has 0 bridgehead atoms. The molecule has 0 aromatic heterocycles. The number of nitrogens with zero attached hydrogens (tertiary/aromatic N) is 1. The maximum atomic E-state index is 6.05. The van der Waals surface area contributed by atoms with Gasteiger partial charge in [0.1, 0.15) is 5.75 Å². The average molecular weight is 264 g/mol. The van der Waals surface area contributed by atoms with E-state index < -0.39 is 0 Å². The number of rotatable bonds is 3. The Bertz CT molecular complexity index is 446. The zero-order valence-corrected chi connectivity index (χ0v) is 12.3. The Hall–Kier alpha value is -1.26. The van der Waals surface area contributed by atoms with Gasteiger partial charge in [-0.2, -0.15) is 0 Å². The summed E-state index contributed by atoms with van der Waals surface area (Å²) in [6, 6.07) is 5.82. The summed E-state index contributed by atoms with van der Waals surface area (Å²) >= 11 is 0. The zero-order valence-electron chi connectivity index (χ0n) is 12.3. The summed E-state index contributed by atoms with van der Waals surface area (Å²) in [6.45, 7) is 9.05. The van der Waals surface area contributed by atoms with Crippen LogP contribution in [0, 0.1) is 0 Å². The second-order valence-corrected chi connectivity index (χ2v) is 5.92. The van der Waals surface area contributed by atoms with Crippen molar-refractivity contribution in [3.05, 3.63) is 23.8 Å². The lowest BCUT2D eigenvalue weighted by molar-refractivity contribution is -0.130. The van der Waals surface area contributed by atoms with Crippen molar-refractivity contribution in [1.29, 1.82) is 0 Å². The highest BCUT2D eigenvalue weighted by molar-refractivity contribution is 5.50. The van der Waals surface area contributed by atoms with Gasteiger partial charge >= 0.3 is 0 Å². The molecular weight excluding hydrogens is 240 g/mol. The van der Waals surface area contributed by atoms with E-state index in [0.29, 0.717) is 0 Å². The Morgan fingerprint density at radius 1 is 1.47 bits per heavy atom. The standard InChI is InChI=1S/C15H24N2O2/c1-11-8-17(10-15(2,3)19-11)9-12-7-13(18-4)5-6-14(12)16/h5-7,11H,8-10,16H2,1-4H3. The van der Waals surface area contributed by atoms with Crippen molar-refractivity contribution in [2.45, 2.75) is 39.0 Å².